The Bertz CT molecular complexity index is 387. The van der Waals surface area contributed by atoms with Gasteiger partial charge >= 0.3 is 0 Å². The van der Waals surface area contributed by atoms with Gasteiger partial charge in [0.2, 0.25) is 0 Å². The molecule has 1 heterocycles. The molecule has 2 rings (SSSR count). The third-order valence-corrected chi connectivity index (χ3v) is 3.49. The lowest BCUT2D eigenvalue weighted by Crippen LogP contribution is -2.23. The maximum atomic E-state index is 4.43. The highest BCUT2D eigenvalue weighted by molar-refractivity contribution is 5.45. The van der Waals surface area contributed by atoms with Gasteiger partial charge in [0.15, 0.2) is 0 Å². The van der Waals surface area contributed by atoms with Gasteiger partial charge in [-0.25, -0.2) is 0 Å². The Morgan fingerprint density at radius 1 is 1.26 bits per heavy atom. The Balaban J connectivity index is 1.81. The van der Waals surface area contributed by atoms with E-state index in [4.69, 9.17) is 0 Å². The van der Waals surface area contributed by atoms with E-state index in [1.807, 2.05) is 6.20 Å². The molecule has 1 aliphatic carbocycles. The summed E-state index contributed by atoms with van der Waals surface area (Å²) < 4.78 is 0. The first-order chi connectivity index (χ1) is 9.15. The lowest BCUT2D eigenvalue weighted by molar-refractivity contribution is 0.401. The molecule has 0 aliphatic heterocycles. The van der Waals surface area contributed by atoms with Gasteiger partial charge in [0.05, 0.1) is 5.69 Å². The number of hydrogen-bond donors (Lipinski definition) is 1. The summed E-state index contributed by atoms with van der Waals surface area (Å²) in [6.45, 7) is 3.10. The first-order valence-electron chi connectivity index (χ1n) is 7.19. The Kier molecular flexibility index (Phi) is 5.16. The predicted octanol–water partition coefficient (Wildman–Crippen LogP) is 1.72. The summed E-state index contributed by atoms with van der Waals surface area (Å²) in [5.74, 6) is 0. The summed E-state index contributed by atoms with van der Waals surface area (Å²) in [6, 6.07) is 5.03. The molecule has 0 unspecified atom stereocenters. The van der Waals surface area contributed by atoms with Crippen molar-refractivity contribution in [2.24, 2.45) is 0 Å². The SMILES string of the molecule is CN(C)CCCN(C)c1ccnc(CNC2CC2)c1. The molecule has 0 radical (unpaired) electrons. The molecule has 0 aromatic carbocycles. The lowest BCUT2D eigenvalue weighted by atomic mass is 10.2. The second-order valence-electron chi connectivity index (χ2n) is 5.74. The van der Waals surface area contributed by atoms with Crippen molar-refractivity contribution >= 4 is 5.69 Å². The zero-order valence-electron chi connectivity index (χ0n) is 12.4. The smallest absolute Gasteiger partial charge is 0.0562 e. The monoisotopic (exact) mass is 262 g/mol. The Morgan fingerprint density at radius 2 is 2.05 bits per heavy atom. The van der Waals surface area contributed by atoms with Gasteiger partial charge in [0.1, 0.15) is 0 Å². The Labute approximate surface area is 116 Å². The van der Waals surface area contributed by atoms with Crippen LogP contribution in [0.3, 0.4) is 0 Å². The zero-order valence-corrected chi connectivity index (χ0v) is 12.4. The van der Waals surface area contributed by atoms with Crippen molar-refractivity contribution in [1.29, 1.82) is 0 Å². The molecule has 1 aromatic heterocycles. The molecule has 19 heavy (non-hydrogen) atoms. The lowest BCUT2D eigenvalue weighted by Gasteiger charge is -2.21. The molecule has 0 saturated heterocycles. The number of nitrogens with zero attached hydrogens (tertiary/aromatic N) is 3. The van der Waals surface area contributed by atoms with Crippen LogP contribution in [0.15, 0.2) is 18.3 Å². The van der Waals surface area contributed by atoms with Crippen molar-refractivity contribution in [3.05, 3.63) is 24.0 Å². The van der Waals surface area contributed by atoms with Crippen LogP contribution >= 0.6 is 0 Å². The van der Waals surface area contributed by atoms with E-state index < -0.39 is 0 Å². The van der Waals surface area contributed by atoms with Crippen LogP contribution in [0.5, 0.6) is 0 Å². The number of hydrogen-bond acceptors (Lipinski definition) is 4. The number of pyridine rings is 1. The van der Waals surface area contributed by atoms with Crippen LogP contribution < -0.4 is 10.2 Å². The molecule has 0 amide bonds. The number of rotatable bonds is 8. The van der Waals surface area contributed by atoms with Gasteiger partial charge < -0.3 is 15.1 Å². The molecule has 1 N–H and O–H groups in total. The molecular weight excluding hydrogens is 236 g/mol. The third-order valence-electron chi connectivity index (χ3n) is 3.49. The van der Waals surface area contributed by atoms with Crippen LogP contribution in [0, 0.1) is 0 Å². The average molecular weight is 262 g/mol. The van der Waals surface area contributed by atoms with E-state index in [0.717, 1.165) is 31.4 Å². The van der Waals surface area contributed by atoms with E-state index in [1.54, 1.807) is 0 Å². The van der Waals surface area contributed by atoms with Gasteiger partial charge in [-0.2, -0.15) is 0 Å². The highest BCUT2D eigenvalue weighted by Crippen LogP contribution is 2.19. The summed E-state index contributed by atoms with van der Waals surface area (Å²) in [6.07, 6.45) is 5.75. The summed E-state index contributed by atoms with van der Waals surface area (Å²) in [5, 5.41) is 3.51. The summed E-state index contributed by atoms with van der Waals surface area (Å²) >= 11 is 0. The van der Waals surface area contributed by atoms with Crippen molar-refractivity contribution < 1.29 is 0 Å². The molecule has 4 nitrogen and oxygen atoms in total. The maximum absolute atomic E-state index is 4.43. The van der Waals surface area contributed by atoms with Gasteiger partial charge in [0.25, 0.3) is 0 Å². The second-order valence-corrected chi connectivity index (χ2v) is 5.74. The van der Waals surface area contributed by atoms with E-state index in [-0.39, 0.29) is 0 Å². The van der Waals surface area contributed by atoms with Crippen LogP contribution in [0.2, 0.25) is 0 Å². The maximum Gasteiger partial charge on any atom is 0.0562 e. The van der Waals surface area contributed by atoms with E-state index >= 15 is 0 Å². The van der Waals surface area contributed by atoms with Gasteiger partial charge in [-0.3, -0.25) is 4.98 Å². The zero-order chi connectivity index (χ0) is 13.7. The van der Waals surface area contributed by atoms with Crippen LogP contribution in [0.25, 0.3) is 0 Å². The fourth-order valence-electron chi connectivity index (χ4n) is 2.09. The molecule has 1 aromatic rings. The standard InChI is InChI=1S/C15H26N4/c1-18(2)9-4-10-19(3)15-7-8-16-14(11-15)12-17-13-5-6-13/h7-8,11,13,17H,4-6,9-10,12H2,1-3H3. The van der Waals surface area contributed by atoms with E-state index in [0.29, 0.717) is 0 Å². The summed E-state index contributed by atoms with van der Waals surface area (Å²) in [4.78, 5) is 8.97. The van der Waals surface area contributed by atoms with Crippen LogP contribution in [0.4, 0.5) is 5.69 Å². The fourth-order valence-corrected chi connectivity index (χ4v) is 2.09. The highest BCUT2D eigenvalue weighted by Gasteiger charge is 2.20. The molecule has 0 spiro atoms. The minimum atomic E-state index is 0.739. The Hall–Kier alpha value is -1.13. The van der Waals surface area contributed by atoms with Crippen LogP contribution in [0.1, 0.15) is 25.0 Å². The minimum Gasteiger partial charge on any atom is -0.374 e. The quantitative estimate of drug-likeness (QED) is 0.773. The van der Waals surface area contributed by atoms with Gasteiger partial charge in [-0.05, 0) is 52.0 Å². The molecule has 1 saturated carbocycles. The molecular formula is C15H26N4. The number of aromatic nitrogens is 1. The number of anilines is 1. The average Bonchev–Trinajstić information content (AvgIpc) is 3.20. The summed E-state index contributed by atoms with van der Waals surface area (Å²) in [7, 11) is 6.39. The van der Waals surface area contributed by atoms with Crippen molar-refractivity contribution in [3.8, 4) is 0 Å². The van der Waals surface area contributed by atoms with Gasteiger partial charge in [-0.15, -0.1) is 0 Å². The second kappa shape index (κ2) is 6.87. The Morgan fingerprint density at radius 3 is 2.74 bits per heavy atom. The first-order valence-corrected chi connectivity index (χ1v) is 7.19. The molecule has 4 heteroatoms. The van der Waals surface area contributed by atoms with E-state index in [2.05, 4.69) is 53.4 Å². The molecule has 1 aliphatic rings. The highest BCUT2D eigenvalue weighted by atomic mass is 15.1. The van der Waals surface area contributed by atoms with E-state index in [9.17, 15) is 0 Å². The minimum absolute atomic E-state index is 0.739. The van der Waals surface area contributed by atoms with Crippen LogP contribution in [-0.4, -0.2) is 50.2 Å². The number of nitrogens with one attached hydrogen (secondary N) is 1. The molecule has 0 atom stereocenters. The van der Waals surface area contributed by atoms with Gasteiger partial charge in [0, 0.05) is 38.1 Å². The third kappa shape index (κ3) is 5.17. The molecule has 106 valence electrons. The van der Waals surface area contributed by atoms with Crippen molar-refractivity contribution in [3.63, 3.8) is 0 Å². The molecule has 0 bridgehead atoms. The largest absolute Gasteiger partial charge is 0.374 e. The normalized spacial score (nSPS) is 14.9. The fraction of sp³-hybridized carbons (Fsp3) is 0.667. The van der Waals surface area contributed by atoms with Crippen LogP contribution in [-0.2, 0) is 6.54 Å². The summed E-state index contributed by atoms with van der Waals surface area (Å²) in [5.41, 5.74) is 2.41. The van der Waals surface area contributed by atoms with Gasteiger partial charge in [-0.1, -0.05) is 0 Å². The van der Waals surface area contributed by atoms with E-state index in [1.165, 1.54) is 24.9 Å². The van der Waals surface area contributed by atoms with Crippen molar-refractivity contribution in [2.75, 3.05) is 39.1 Å². The van der Waals surface area contributed by atoms with Crippen molar-refractivity contribution in [1.82, 2.24) is 15.2 Å². The predicted molar refractivity (Wildman–Crippen MR) is 80.5 cm³/mol. The first kappa shape index (κ1) is 14.3. The van der Waals surface area contributed by atoms with Crippen molar-refractivity contribution in [2.45, 2.75) is 31.8 Å². The topological polar surface area (TPSA) is 31.4 Å². The molecule has 1 fully saturated rings.